The Bertz CT molecular complexity index is 896. The van der Waals surface area contributed by atoms with E-state index in [1.165, 1.54) is 0 Å². The molecule has 0 N–H and O–H groups in total. The van der Waals surface area contributed by atoms with Crippen LogP contribution in [0.25, 0.3) is 6.08 Å². The molecule has 1 aliphatic heterocycles. The van der Waals surface area contributed by atoms with Crippen molar-refractivity contribution < 1.29 is 9.53 Å². The minimum absolute atomic E-state index is 0.0227. The molecule has 0 aliphatic carbocycles. The van der Waals surface area contributed by atoms with Crippen LogP contribution in [0.3, 0.4) is 0 Å². The predicted octanol–water partition coefficient (Wildman–Crippen LogP) is 5.09. The van der Waals surface area contributed by atoms with Gasteiger partial charge in [-0.3, -0.25) is 4.79 Å². The second-order valence-electron chi connectivity index (χ2n) is 5.74. The third-order valence-electron chi connectivity index (χ3n) is 4.15. The van der Waals surface area contributed by atoms with Gasteiger partial charge in [-0.2, -0.15) is 0 Å². The minimum atomic E-state index is -0.395. The number of fused-ring (bicyclic) bond motifs is 1. The molecule has 116 valence electrons. The Balaban J connectivity index is 1.87. The van der Waals surface area contributed by atoms with Crippen LogP contribution < -0.4 is 4.74 Å². The molecule has 3 aromatic rings. The molecule has 0 bridgehead atoms. The van der Waals surface area contributed by atoms with Crippen molar-refractivity contribution in [3.05, 3.63) is 107 Å². The van der Waals surface area contributed by atoms with E-state index in [1.807, 2.05) is 91.0 Å². The fraction of sp³-hybridized carbons (Fsp3) is 0.0455. The zero-order chi connectivity index (χ0) is 16.4. The van der Waals surface area contributed by atoms with E-state index in [0.29, 0.717) is 16.9 Å². The Morgan fingerprint density at radius 1 is 0.750 bits per heavy atom. The van der Waals surface area contributed by atoms with Crippen molar-refractivity contribution >= 4 is 11.9 Å². The van der Waals surface area contributed by atoms with Gasteiger partial charge in [-0.05, 0) is 29.3 Å². The first-order valence-electron chi connectivity index (χ1n) is 7.95. The summed E-state index contributed by atoms with van der Waals surface area (Å²) >= 11 is 0. The van der Waals surface area contributed by atoms with E-state index >= 15 is 0 Å². The summed E-state index contributed by atoms with van der Waals surface area (Å²) in [7, 11) is 0. The van der Waals surface area contributed by atoms with Gasteiger partial charge in [0.2, 0.25) is 0 Å². The zero-order valence-electron chi connectivity index (χ0n) is 13.1. The summed E-state index contributed by atoms with van der Waals surface area (Å²) in [5.74, 6) is 0.663. The third-order valence-corrected chi connectivity index (χ3v) is 4.15. The topological polar surface area (TPSA) is 26.3 Å². The van der Waals surface area contributed by atoms with Gasteiger partial charge in [0.1, 0.15) is 5.75 Å². The molecule has 2 heteroatoms. The van der Waals surface area contributed by atoms with Gasteiger partial charge >= 0.3 is 0 Å². The van der Waals surface area contributed by atoms with E-state index in [0.717, 1.165) is 11.1 Å². The first-order chi connectivity index (χ1) is 11.8. The molecule has 24 heavy (non-hydrogen) atoms. The van der Waals surface area contributed by atoms with E-state index in [1.54, 1.807) is 0 Å². The number of benzene rings is 3. The van der Waals surface area contributed by atoms with Crippen molar-refractivity contribution in [2.24, 2.45) is 0 Å². The molecule has 2 nitrogen and oxygen atoms in total. The van der Waals surface area contributed by atoms with Crippen molar-refractivity contribution in [2.75, 3.05) is 0 Å². The second kappa shape index (κ2) is 6.17. The molecule has 3 aromatic carbocycles. The highest BCUT2D eigenvalue weighted by atomic mass is 16.5. The van der Waals surface area contributed by atoms with Crippen LogP contribution in [-0.4, -0.2) is 5.78 Å². The van der Waals surface area contributed by atoms with Crippen molar-refractivity contribution in [2.45, 2.75) is 6.10 Å². The van der Waals surface area contributed by atoms with Gasteiger partial charge in [0.25, 0.3) is 0 Å². The summed E-state index contributed by atoms with van der Waals surface area (Å²) in [6.45, 7) is 0. The summed E-state index contributed by atoms with van der Waals surface area (Å²) < 4.78 is 6.18. The number of carbonyl (C=O) groups is 1. The summed E-state index contributed by atoms with van der Waals surface area (Å²) in [6, 6.07) is 27.2. The van der Waals surface area contributed by atoms with Gasteiger partial charge in [-0.25, -0.2) is 0 Å². The van der Waals surface area contributed by atoms with Crippen LogP contribution in [0.5, 0.6) is 5.75 Å². The van der Waals surface area contributed by atoms with Crippen LogP contribution in [-0.2, 0) is 0 Å². The number of Topliss-reactive ketones (excluding diaryl/α,β-unsaturated/α-hetero) is 1. The van der Waals surface area contributed by atoms with Gasteiger partial charge in [-0.1, -0.05) is 72.8 Å². The second-order valence-corrected chi connectivity index (χ2v) is 5.74. The Hall–Kier alpha value is -3.13. The molecular weight excluding hydrogens is 296 g/mol. The summed E-state index contributed by atoms with van der Waals surface area (Å²) in [5, 5.41) is 0. The first kappa shape index (κ1) is 14.5. The maximum Gasteiger partial charge on any atom is 0.196 e. The number of ketones is 1. The molecule has 0 amide bonds. The lowest BCUT2D eigenvalue weighted by atomic mass is 9.89. The zero-order valence-corrected chi connectivity index (χ0v) is 13.1. The normalized spacial score (nSPS) is 18.1. The number of rotatable bonds is 2. The predicted molar refractivity (Wildman–Crippen MR) is 95.0 cm³/mol. The molecule has 1 aliphatic rings. The number of ether oxygens (including phenoxy) is 1. The van der Waals surface area contributed by atoms with Crippen LogP contribution in [0.15, 0.2) is 90.5 Å². The fourth-order valence-electron chi connectivity index (χ4n) is 2.97. The van der Waals surface area contributed by atoms with Gasteiger partial charge in [0.05, 0.1) is 5.56 Å². The Morgan fingerprint density at radius 2 is 1.38 bits per heavy atom. The van der Waals surface area contributed by atoms with E-state index < -0.39 is 6.10 Å². The van der Waals surface area contributed by atoms with Crippen molar-refractivity contribution in [1.82, 2.24) is 0 Å². The number of carbonyl (C=O) groups excluding carboxylic acids is 1. The van der Waals surface area contributed by atoms with Crippen molar-refractivity contribution in [1.29, 1.82) is 0 Å². The average molecular weight is 312 g/mol. The smallest absolute Gasteiger partial charge is 0.196 e. The van der Waals surface area contributed by atoms with Gasteiger partial charge in [0.15, 0.2) is 11.9 Å². The molecule has 1 heterocycles. The molecular formula is C22H16O2. The van der Waals surface area contributed by atoms with Crippen molar-refractivity contribution in [3.8, 4) is 5.75 Å². The average Bonchev–Trinajstić information content (AvgIpc) is 2.65. The Kier molecular flexibility index (Phi) is 3.72. The summed E-state index contributed by atoms with van der Waals surface area (Å²) in [4.78, 5) is 13.1. The highest BCUT2D eigenvalue weighted by Gasteiger charge is 2.32. The maximum absolute atomic E-state index is 13.1. The van der Waals surface area contributed by atoms with Crippen LogP contribution in [0.1, 0.15) is 27.6 Å². The number of hydrogen-bond acceptors (Lipinski definition) is 2. The highest BCUT2D eigenvalue weighted by molar-refractivity contribution is 6.14. The summed E-state index contributed by atoms with van der Waals surface area (Å²) in [6.07, 6.45) is 1.53. The Labute approximate surface area is 141 Å². The molecule has 4 rings (SSSR count). The molecule has 0 aromatic heterocycles. The lowest BCUT2D eigenvalue weighted by molar-refractivity contribution is 0.0963. The maximum atomic E-state index is 13.1. The summed E-state index contributed by atoms with van der Waals surface area (Å²) in [5.41, 5.74) is 3.24. The van der Waals surface area contributed by atoms with E-state index in [2.05, 4.69) is 0 Å². The lowest BCUT2D eigenvalue weighted by Gasteiger charge is -2.28. The monoisotopic (exact) mass is 312 g/mol. The van der Waals surface area contributed by atoms with E-state index in [-0.39, 0.29) is 5.78 Å². The number of para-hydroxylation sites is 1. The quantitative estimate of drug-likeness (QED) is 0.616. The SMILES string of the molecule is O=C1/C(=C\c2ccccc2)C(c2ccccc2)Oc2ccccc21. The largest absolute Gasteiger partial charge is 0.480 e. The van der Waals surface area contributed by atoms with Gasteiger partial charge in [0, 0.05) is 5.57 Å². The lowest BCUT2D eigenvalue weighted by Crippen LogP contribution is -2.23. The molecule has 0 saturated heterocycles. The standard InChI is InChI=1S/C22H16O2/c23-21-18-13-7-8-14-20(18)24-22(17-11-5-2-6-12-17)19(21)15-16-9-3-1-4-10-16/h1-15,22H/b19-15+. The molecule has 0 saturated carbocycles. The van der Waals surface area contributed by atoms with Crippen LogP contribution in [0.2, 0.25) is 0 Å². The molecule has 0 spiro atoms. The highest BCUT2D eigenvalue weighted by Crippen LogP contribution is 2.39. The van der Waals surface area contributed by atoms with Crippen LogP contribution in [0, 0.1) is 0 Å². The van der Waals surface area contributed by atoms with Crippen LogP contribution >= 0.6 is 0 Å². The minimum Gasteiger partial charge on any atom is -0.480 e. The molecule has 0 fully saturated rings. The molecule has 1 atom stereocenters. The molecule has 1 unspecified atom stereocenters. The van der Waals surface area contributed by atoms with Gasteiger partial charge in [-0.15, -0.1) is 0 Å². The van der Waals surface area contributed by atoms with Crippen molar-refractivity contribution in [3.63, 3.8) is 0 Å². The van der Waals surface area contributed by atoms with Gasteiger partial charge < -0.3 is 4.74 Å². The molecule has 0 radical (unpaired) electrons. The fourth-order valence-corrected chi connectivity index (χ4v) is 2.97. The third kappa shape index (κ3) is 2.63. The van der Waals surface area contributed by atoms with Crippen LogP contribution in [0.4, 0.5) is 0 Å². The van der Waals surface area contributed by atoms with E-state index in [9.17, 15) is 4.79 Å². The van der Waals surface area contributed by atoms with E-state index in [4.69, 9.17) is 4.74 Å². The Morgan fingerprint density at radius 3 is 2.12 bits per heavy atom. The first-order valence-corrected chi connectivity index (χ1v) is 7.95. The number of hydrogen-bond donors (Lipinski definition) is 0.